The summed E-state index contributed by atoms with van der Waals surface area (Å²) >= 11 is 0.802. The Morgan fingerprint density at radius 1 is 0.529 bits per heavy atom. The molecule has 3 aliphatic rings. The molecular formula is C93H132N24O18S. The number of aliphatic hydroxyl groups is 1. The Hall–Kier alpha value is -13.5. The van der Waals surface area contributed by atoms with E-state index in [2.05, 4.69) is 78.4 Å². The highest BCUT2D eigenvalue weighted by atomic mass is 32.2. The maximum absolute atomic E-state index is 15.8. The lowest BCUT2D eigenvalue weighted by Gasteiger charge is -2.36. The van der Waals surface area contributed by atoms with Crippen molar-refractivity contribution in [2.75, 3.05) is 65.4 Å². The molecule has 14 atom stereocenters. The van der Waals surface area contributed by atoms with Crippen LogP contribution >= 0.6 is 11.8 Å². The number of hydrogen-bond acceptors (Lipinski definition) is 21. The van der Waals surface area contributed by atoms with Crippen molar-refractivity contribution in [3.8, 4) is 0 Å². The van der Waals surface area contributed by atoms with E-state index >= 15 is 47.9 Å². The first-order chi connectivity index (χ1) is 64.8. The Balaban J connectivity index is 1.10. The van der Waals surface area contributed by atoms with Gasteiger partial charge in [0.2, 0.25) is 100 Å². The molecule has 43 heteroatoms. The maximum Gasteiger partial charge on any atom is 0.246 e. The van der Waals surface area contributed by atoms with Gasteiger partial charge in [-0.3, -0.25) is 86.9 Å². The number of amides is 17. The van der Waals surface area contributed by atoms with Crippen molar-refractivity contribution in [2.45, 2.75) is 249 Å². The van der Waals surface area contributed by atoms with E-state index in [4.69, 9.17) is 22.6 Å². The number of H-pyrrole nitrogens is 3. The van der Waals surface area contributed by atoms with Gasteiger partial charge in [0.1, 0.15) is 84.6 Å². The van der Waals surface area contributed by atoms with E-state index < -0.39 is 222 Å². The number of nitrogens with one attached hydrogen (secondary N) is 15. The van der Waals surface area contributed by atoms with E-state index in [1.807, 2.05) is 33.8 Å². The quantitative estimate of drug-likeness (QED) is 0.0176. The third-order valence-electron chi connectivity index (χ3n) is 24.9. The van der Waals surface area contributed by atoms with E-state index in [0.717, 1.165) is 37.6 Å². The van der Waals surface area contributed by atoms with Crippen molar-refractivity contribution in [1.29, 1.82) is 5.41 Å². The van der Waals surface area contributed by atoms with Crippen LogP contribution in [0.5, 0.6) is 0 Å². The van der Waals surface area contributed by atoms with Gasteiger partial charge in [0.25, 0.3) is 0 Å². The number of nitrogens with zero attached hydrogens (tertiary/aromatic N) is 6. The molecule has 738 valence electrons. The number of rotatable bonds is 26. The average Bonchev–Trinajstić information content (AvgIpc) is 1.07. The van der Waals surface area contributed by atoms with Gasteiger partial charge in [-0.25, -0.2) is 4.98 Å². The van der Waals surface area contributed by atoms with Crippen LogP contribution in [0.25, 0.3) is 21.8 Å². The molecule has 1 unspecified atom stereocenters. The summed E-state index contributed by atoms with van der Waals surface area (Å²) in [5.41, 5.74) is 21.9. The number of benzene rings is 3. The van der Waals surface area contributed by atoms with Crippen LogP contribution in [0.4, 0.5) is 0 Å². The van der Waals surface area contributed by atoms with Crippen LogP contribution < -0.4 is 75.7 Å². The highest BCUT2D eigenvalue weighted by Crippen LogP contribution is 2.28. The second-order valence-electron chi connectivity index (χ2n) is 35.5. The Labute approximate surface area is 793 Å². The molecule has 6 aromatic rings. The van der Waals surface area contributed by atoms with Gasteiger partial charge in [0.15, 0.2) is 5.96 Å². The number of carbonyl (C=O) groups excluding carboxylic acids is 17. The number of aromatic amines is 3. The number of thioether (sulfide) groups is 1. The van der Waals surface area contributed by atoms with E-state index in [-0.39, 0.29) is 109 Å². The monoisotopic (exact) mass is 1900 g/mol. The molecule has 0 saturated carbocycles. The molecule has 0 aliphatic carbocycles. The fourth-order valence-corrected chi connectivity index (χ4v) is 17.9. The molecule has 0 spiro atoms. The van der Waals surface area contributed by atoms with E-state index in [1.54, 1.807) is 86.9 Å². The second-order valence-corrected chi connectivity index (χ2v) is 36.6. The molecule has 42 nitrogen and oxygen atoms in total. The number of guanidine groups is 1. The molecule has 17 amide bonds. The number of nitrogens with two attached hydrogens (primary N) is 3. The van der Waals surface area contributed by atoms with Gasteiger partial charge in [-0.2, -0.15) is 0 Å². The first-order valence-electron chi connectivity index (χ1n) is 46.2. The zero-order valence-corrected chi connectivity index (χ0v) is 79.5. The number of imidazole rings is 1. The lowest BCUT2D eigenvalue weighted by molar-refractivity contribution is -0.149. The van der Waals surface area contributed by atoms with Gasteiger partial charge in [0, 0.05) is 118 Å². The first-order valence-corrected chi connectivity index (χ1v) is 47.3. The molecule has 136 heavy (non-hydrogen) atoms. The summed E-state index contributed by atoms with van der Waals surface area (Å²) in [7, 11) is 4.00. The molecule has 3 saturated heterocycles. The summed E-state index contributed by atoms with van der Waals surface area (Å²) in [5, 5.41) is 50.0. The number of likely N-dealkylation sites (N-methyl/N-ethyl adjacent to an activating group) is 3. The third-order valence-corrected chi connectivity index (χ3v) is 26.0. The van der Waals surface area contributed by atoms with Crippen LogP contribution in [-0.4, -0.2) is 306 Å². The Morgan fingerprint density at radius 2 is 1.04 bits per heavy atom. The van der Waals surface area contributed by atoms with E-state index in [1.165, 1.54) is 50.4 Å². The molecule has 6 heterocycles. The number of hydrogen-bond donors (Lipinski definition) is 19. The predicted molar refractivity (Wildman–Crippen MR) is 506 cm³/mol. The molecule has 0 radical (unpaired) electrons. The molecule has 3 fully saturated rings. The van der Waals surface area contributed by atoms with Crippen LogP contribution in [0, 0.1) is 25.2 Å². The maximum atomic E-state index is 15.8. The number of unbranched alkanes of at least 4 members (excludes halogenated alkanes) is 2. The largest absolute Gasteiger partial charge is 0.394 e. The van der Waals surface area contributed by atoms with E-state index in [0.29, 0.717) is 69.9 Å². The predicted octanol–water partition coefficient (Wildman–Crippen LogP) is -0.988. The van der Waals surface area contributed by atoms with Gasteiger partial charge in [-0.05, 0) is 124 Å². The highest BCUT2D eigenvalue weighted by Gasteiger charge is 2.46. The zero-order chi connectivity index (χ0) is 99.3. The van der Waals surface area contributed by atoms with Crippen molar-refractivity contribution < 1.29 is 86.6 Å². The van der Waals surface area contributed by atoms with Crippen molar-refractivity contribution >= 4 is 140 Å². The summed E-state index contributed by atoms with van der Waals surface area (Å²) in [6.45, 7) is 10.5. The lowest BCUT2D eigenvalue weighted by atomic mass is 10.00. The topological polar surface area (TPSA) is 621 Å². The van der Waals surface area contributed by atoms with Crippen molar-refractivity contribution in [2.24, 2.45) is 23.1 Å². The Kier molecular flexibility index (Phi) is 39.6. The van der Waals surface area contributed by atoms with Crippen LogP contribution in [-0.2, 0) is 107 Å². The standard InChI is InChI=1S/C93H132N24O18S/c1-11-13-27-72-85(128)105-63(26-19-33-99-93(96)97)81(124)112-71(80(123)102-46-77(95)120)48-136-49-78(121)104-67(38-55-32-31-52(5)53(6)37-55)88(131)113(8)54(7)79(122)108-69(42-76(94)119)91(134)117-35-21-30-74(117)87(130)107-65(41-58-45-98-50-103-58)83(126)109-66(36-51(3)4)90(133)116-34-20-29-73(116)86(129)106-64(39-56-43-100-61-24-17-15-22-59(56)61)82(125)111-70(47-118)84(127)110-68(40-57-44-101-62-25-18-16-23-60(57)62)89(132)115(10)75(28-14-12-2)92(135)114(72)9/h15-18,22-25,31-32,37,43-45,50-51,54,63-75,100-101,118H,11-14,19-21,26-30,33-36,38-42,46-49H2,1-10H3,(H2,94,119)(H2,95,120)(H,98,103)(H,102,123)(H,104,121)(H,105,128)(H,106,129)(H,107,130)(H,108,122)(H,109,126)(H,110,127)(H,111,125)(H,112,124)(H4,96,97,99)/t54-,63-,64-,65-,66-,67-,68-,69-,70-,71-,72-,73?,74-,75-/m0/s1. The van der Waals surface area contributed by atoms with Gasteiger partial charge in [0.05, 0.1) is 31.7 Å². The smallest absolute Gasteiger partial charge is 0.246 e. The summed E-state index contributed by atoms with van der Waals surface area (Å²) < 4.78 is 0. The van der Waals surface area contributed by atoms with Gasteiger partial charge in [-0.1, -0.05) is 108 Å². The number of aryl methyl sites for hydroxylation is 2. The number of fused-ring (bicyclic) bond motifs is 4. The minimum atomic E-state index is -1.85. The van der Waals surface area contributed by atoms with Crippen LogP contribution in [0.15, 0.2) is 91.6 Å². The lowest BCUT2D eigenvalue weighted by Crippen LogP contribution is -2.62. The summed E-state index contributed by atoms with van der Waals surface area (Å²) in [4.78, 5) is 270. The van der Waals surface area contributed by atoms with Gasteiger partial charge >= 0.3 is 0 Å². The summed E-state index contributed by atoms with van der Waals surface area (Å²) in [6.07, 6.45) is 6.50. The first kappa shape index (κ1) is 106. The number of aromatic nitrogens is 4. The van der Waals surface area contributed by atoms with Gasteiger partial charge < -0.3 is 120 Å². The molecule has 22 N–H and O–H groups in total. The Bertz CT molecular complexity index is 5280. The highest BCUT2D eigenvalue weighted by molar-refractivity contribution is 8.00. The fraction of sp³-hybridized carbons (Fsp3) is 0.538. The molecule has 0 bridgehead atoms. The Morgan fingerprint density at radius 3 is 1.60 bits per heavy atom. The number of carbonyl (C=O) groups is 17. The number of aliphatic hydroxyl groups excluding tert-OH is 1. The third kappa shape index (κ3) is 29.3. The van der Waals surface area contributed by atoms with Crippen molar-refractivity contribution in [1.82, 2.24) is 103 Å². The number of primary amides is 2. The second kappa shape index (κ2) is 50.7. The van der Waals surface area contributed by atoms with E-state index in [9.17, 15) is 38.7 Å². The van der Waals surface area contributed by atoms with Crippen molar-refractivity contribution in [3.05, 3.63) is 125 Å². The molecule has 9 rings (SSSR count). The molecular weight excluding hydrogens is 1770 g/mol. The fourth-order valence-electron chi connectivity index (χ4n) is 17.1. The average molecular weight is 1910 g/mol. The SMILES string of the molecule is CCCC[C@H]1C(=O)N(C)[C@@H](CCCC)C(=O)N[C@@H](CCCNC(=N)N)C(=O)N[C@H](C(=O)NCC(N)=O)CSCC(=O)N[C@@H](Cc2ccc(C)c(C)c2)C(=O)N(C)[C@@H](C)C(=O)N[C@@H](CC(N)=O)C(=O)N2CCC[C@H]2C(=O)N[C@@H](Cc2cnc[nH]2)C(=O)N[C@@H](CC(C)C)C(=O)N2CCCC2C(=O)N[C@@H](Cc2c[nH]c3ccccc23)C(=O)N[C@@H](CO)C(=O)N[C@@H](Cc2c[nH]c3ccccc23)C(=O)N1C. The molecule has 3 aliphatic heterocycles. The molecule has 3 aromatic heterocycles. The minimum Gasteiger partial charge on any atom is -0.394 e. The van der Waals surface area contributed by atoms with Crippen molar-refractivity contribution in [3.63, 3.8) is 0 Å². The normalized spacial score (nSPS) is 24.1. The van der Waals surface area contributed by atoms with Crippen LogP contribution in [0.3, 0.4) is 0 Å². The number of para-hydroxylation sites is 2. The summed E-state index contributed by atoms with van der Waals surface area (Å²) in [6, 6.07) is -1.34. The van der Waals surface area contributed by atoms with Crippen LogP contribution in [0.2, 0.25) is 0 Å². The van der Waals surface area contributed by atoms with Crippen LogP contribution in [0.1, 0.15) is 158 Å². The minimum absolute atomic E-state index is 0.000497. The summed E-state index contributed by atoms with van der Waals surface area (Å²) in [5.74, 6) is -16.8. The zero-order valence-electron chi connectivity index (χ0n) is 78.7. The van der Waals surface area contributed by atoms with Gasteiger partial charge in [-0.15, -0.1) is 11.8 Å². The molecule has 3 aromatic carbocycles.